The SMILES string of the molecule is CN(Cc1cccc(C#N)c1)C(=O)Cc1csc(N2CCCC2=O)n1. The maximum atomic E-state index is 12.4. The van der Waals surface area contributed by atoms with Gasteiger partial charge < -0.3 is 4.90 Å². The molecule has 1 aliphatic heterocycles. The van der Waals surface area contributed by atoms with Crippen molar-refractivity contribution in [3.63, 3.8) is 0 Å². The number of aromatic nitrogens is 1. The molecule has 6 nitrogen and oxygen atoms in total. The first-order valence-corrected chi connectivity index (χ1v) is 8.92. The monoisotopic (exact) mass is 354 g/mol. The number of hydrogen-bond donors (Lipinski definition) is 0. The van der Waals surface area contributed by atoms with Crippen LogP contribution in [-0.4, -0.2) is 35.3 Å². The third kappa shape index (κ3) is 4.03. The van der Waals surface area contributed by atoms with E-state index in [1.54, 1.807) is 29.0 Å². The number of rotatable bonds is 5. The van der Waals surface area contributed by atoms with Crippen molar-refractivity contribution in [2.75, 3.05) is 18.5 Å². The van der Waals surface area contributed by atoms with E-state index in [-0.39, 0.29) is 18.2 Å². The predicted octanol–water partition coefficient (Wildman–Crippen LogP) is 2.34. The lowest BCUT2D eigenvalue weighted by molar-refractivity contribution is -0.129. The van der Waals surface area contributed by atoms with Gasteiger partial charge in [0.25, 0.3) is 0 Å². The molecule has 7 heteroatoms. The van der Waals surface area contributed by atoms with Crippen LogP contribution < -0.4 is 4.90 Å². The second-order valence-electron chi connectivity index (χ2n) is 6.01. The van der Waals surface area contributed by atoms with Crippen LogP contribution in [0.5, 0.6) is 0 Å². The Morgan fingerprint density at radius 1 is 1.48 bits per heavy atom. The Morgan fingerprint density at radius 2 is 2.32 bits per heavy atom. The summed E-state index contributed by atoms with van der Waals surface area (Å²) in [6, 6.07) is 9.32. The van der Waals surface area contributed by atoms with Crippen molar-refractivity contribution in [3.05, 3.63) is 46.5 Å². The molecule has 2 heterocycles. The highest BCUT2D eigenvalue weighted by Gasteiger charge is 2.24. The molecule has 0 aliphatic carbocycles. The number of likely N-dealkylation sites (N-methyl/N-ethyl adjacent to an activating group) is 1. The average Bonchev–Trinajstić information content (AvgIpc) is 3.23. The van der Waals surface area contributed by atoms with Gasteiger partial charge in [0.1, 0.15) is 0 Å². The van der Waals surface area contributed by atoms with Gasteiger partial charge in [-0.25, -0.2) is 4.98 Å². The standard InChI is InChI=1S/C18H18N4O2S/c1-21(11-14-5-2-4-13(8-14)10-19)17(24)9-15-12-25-18(20-15)22-7-3-6-16(22)23/h2,4-5,8,12H,3,6-7,9,11H2,1H3. The fourth-order valence-corrected chi connectivity index (χ4v) is 3.61. The summed E-state index contributed by atoms with van der Waals surface area (Å²) < 4.78 is 0. The van der Waals surface area contributed by atoms with Gasteiger partial charge in [0.2, 0.25) is 11.8 Å². The highest BCUT2D eigenvalue weighted by atomic mass is 32.1. The summed E-state index contributed by atoms with van der Waals surface area (Å²) in [6.07, 6.45) is 1.63. The summed E-state index contributed by atoms with van der Waals surface area (Å²) in [4.78, 5) is 31.9. The van der Waals surface area contributed by atoms with Crippen LogP contribution in [-0.2, 0) is 22.6 Å². The zero-order chi connectivity index (χ0) is 17.8. The van der Waals surface area contributed by atoms with Crippen molar-refractivity contribution >= 4 is 28.3 Å². The minimum Gasteiger partial charge on any atom is -0.341 e. The minimum atomic E-state index is -0.0491. The van der Waals surface area contributed by atoms with Crippen molar-refractivity contribution in [1.29, 1.82) is 5.26 Å². The number of nitrogens with zero attached hydrogens (tertiary/aromatic N) is 4. The number of carbonyl (C=O) groups is 2. The number of anilines is 1. The van der Waals surface area contributed by atoms with Crippen LogP contribution in [0.25, 0.3) is 0 Å². The van der Waals surface area contributed by atoms with Gasteiger partial charge >= 0.3 is 0 Å². The normalized spacial score (nSPS) is 13.8. The molecule has 128 valence electrons. The molecule has 2 aromatic rings. The second-order valence-corrected chi connectivity index (χ2v) is 6.85. The van der Waals surface area contributed by atoms with Crippen LogP contribution in [0, 0.1) is 11.3 Å². The highest BCUT2D eigenvalue weighted by molar-refractivity contribution is 7.14. The molecule has 0 bridgehead atoms. The van der Waals surface area contributed by atoms with Crippen molar-refractivity contribution in [1.82, 2.24) is 9.88 Å². The summed E-state index contributed by atoms with van der Waals surface area (Å²) >= 11 is 1.40. The summed E-state index contributed by atoms with van der Waals surface area (Å²) in [5, 5.41) is 11.5. The smallest absolute Gasteiger partial charge is 0.228 e. The average molecular weight is 354 g/mol. The number of carbonyl (C=O) groups excluding carboxylic acids is 2. The number of thiazole rings is 1. The largest absolute Gasteiger partial charge is 0.341 e. The van der Waals surface area contributed by atoms with Gasteiger partial charge in [0.05, 0.1) is 23.7 Å². The van der Waals surface area contributed by atoms with E-state index in [0.717, 1.165) is 12.0 Å². The van der Waals surface area contributed by atoms with E-state index in [9.17, 15) is 9.59 Å². The molecule has 3 rings (SSSR count). The number of hydrogen-bond acceptors (Lipinski definition) is 5. The van der Waals surface area contributed by atoms with Crippen LogP contribution in [0.2, 0.25) is 0 Å². The zero-order valence-electron chi connectivity index (χ0n) is 13.9. The molecule has 0 spiro atoms. The lowest BCUT2D eigenvalue weighted by Gasteiger charge is -2.17. The lowest BCUT2D eigenvalue weighted by Crippen LogP contribution is -2.28. The topological polar surface area (TPSA) is 77.3 Å². The molecule has 25 heavy (non-hydrogen) atoms. The zero-order valence-corrected chi connectivity index (χ0v) is 14.8. The van der Waals surface area contributed by atoms with Gasteiger partial charge in [-0.2, -0.15) is 5.26 Å². The van der Waals surface area contributed by atoms with Crippen LogP contribution in [0.3, 0.4) is 0 Å². The molecular weight excluding hydrogens is 336 g/mol. The molecule has 1 aliphatic rings. The second kappa shape index (κ2) is 7.45. The summed E-state index contributed by atoms with van der Waals surface area (Å²) in [7, 11) is 1.73. The first-order chi connectivity index (χ1) is 12.1. The van der Waals surface area contributed by atoms with Crippen molar-refractivity contribution in [2.45, 2.75) is 25.8 Å². The van der Waals surface area contributed by atoms with Gasteiger partial charge in [0, 0.05) is 31.9 Å². The Balaban J connectivity index is 1.61. The van der Waals surface area contributed by atoms with Gasteiger partial charge in [0.15, 0.2) is 5.13 Å². The van der Waals surface area contributed by atoms with Gasteiger partial charge in [-0.1, -0.05) is 12.1 Å². The van der Waals surface area contributed by atoms with E-state index in [1.807, 2.05) is 17.5 Å². The van der Waals surface area contributed by atoms with Crippen molar-refractivity contribution < 1.29 is 9.59 Å². The number of benzene rings is 1. The molecule has 1 saturated heterocycles. The number of nitriles is 1. The molecule has 0 saturated carbocycles. The van der Waals surface area contributed by atoms with Crippen LogP contribution >= 0.6 is 11.3 Å². The van der Waals surface area contributed by atoms with Crippen molar-refractivity contribution in [3.8, 4) is 6.07 Å². The van der Waals surface area contributed by atoms with Gasteiger partial charge in [-0.3, -0.25) is 14.5 Å². The third-order valence-corrected chi connectivity index (χ3v) is 4.99. The van der Waals surface area contributed by atoms with E-state index >= 15 is 0 Å². The van der Waals surface area contributed by atoms with Crippen LogP contribution in [0.4, 0.5) is 5.13 Å². The Morgan fingerprint density at radius 3 is 3.04 bits per heavy atom. The molecule has 0 unspecified atom stereocenters. The van der Waals surface area contributed by atoms with E-state index < -0.39 is 0 Å². The first kappa shape index (κ1) is 17.1. The molecule has 0 radical (unpaired) electrons. The molecule has 1 aromatic heterocycles. The molecule has 0 N–H and O–H groups in total. The van der Waals surface area contributed by atoms with Gasteiger partial charge in [-0.15, -0.1) is 11.3 Å². The first-order valence-electron chi connectivity index (χ1n) is 8.04. The predicted molar refractivity (Wildman–Crippen MR) is 95.0 cm³/mol. The summed E-state index contributed by atoms with van der Waals surface area (Å²) in [5.74, 6) is 0.0497. The van der Waals surface area contributed by atoms with Crippen LogP contribution in [0.1, 0.15) is 29.7 Å². The maximum Gasteiger partial charge on any atom is 0.228 e. The Hall–Kier alpha value is -2.72. The molecule has 0 atom stereocenters. The summed E-state index contributed by atoms with van der Waals surface area (Å²) in [5.41, 5.74) is 2.18. The minimum absolute atomic E-state index is 0.0491. The van der Waals surface area contributed by atoms with E-state index in [1.165, 1.54) is 11.3 Å². The molecule has 2 amide bonds. The quantitative estimate of drug-likeness (QED) is 0.826. The fraction of sp³-hybridized carbons (Fsp3) is 0.333. The van der Waals surface area contributed by atoms with E-state index in [4.69, 9.17) is 5.26 Å². The Labute approximate surface area is 150 Å². The van der Waals surface area contributed by atoms with Crippen LogP contribution in [0.15, 0.2) is 29.6 Å². The molecule has 1 fully saturated rings. The molecular formula is C18H18N4O2S. The fourth-order valence-electron chi connectivity index (χ4n) is 2.74. The lowest BCUT2D eigenvalue weighted by atomic mass is 10.1. The Bertz CT molecular complexity index is 840. The van der Waals surface area contributed by atoms with Crippen molar-refractivity contribution in [2.24, 2.45) is 0 Å². The molecule has 1 aromatic carbocycles. The highest BCUT2D eigenvalue weighted by Crippen LogP contribution is 2.25. The van der Waals surface area contributed by atoms with Gasteiger partial charge in [-0.05, 0) is 24.1 Å². The van der Waals surface area contributed by atoms with E-state index in [2.05, 4.69) is 11.1 Å². The third-order valence-electron chi connectivity index (χ3n) is 4.08. The maximum absolute atomic E-state index is 12.4. The summed E-state index contributed by atoms with van der Waals surface area (Å²) in [6.45, 7) is 1.14. The number of amides is 2. The van der Waals surface area contributed by atoms with E-state index in [0.29, 0.717) is 35.9 Å². The Kier molecular flexibility index (Phi) is 5.10.